The molecule has 0 aliphatic carbocycles. The molecule has 2 aromatic heterocycles. The fourth-order valence-electron chi connectivity index (χ4n) is 3.39. The van der Waals surface area contributed by atoms with Crippen LogP contribution in [0.5, 0.6) is 0 Å². The Bertz CT molecular complexity index is 1270. The summed E-state index contributed by atoms with van der Waals surface area (Å²) in [5, 5.41) is 18.2. The molecule has 1 atom stereocenters. The van der Waals surface area contributed by atoms with Gasteiger partial charge in [0, 0.05) is 23.4 Å². The zero-order valence-corrected chi connectivity index (χ0v) is 18.5. The Morgan fingerprint density at radius 2 is 1.74 bits per heavy atom. The lowest BCUT2D eigenvalue weighted by atomic mass is 10.1. The van der Waals surface area contributed by atoms with Crippen molar-refractivity contribution in [2.75, 3.05) is 5.32 Å². The third kappa shape index (κ3) is 4.16. The molecule has 1 N–H and O–H groups in total. The van der Waals surface area contributed by atoms with Gasteiger partial charge in [-0.05, 0) is 45.0 Å². The standard InChI is InChI=1S/C23H22FN5OS/c1-13-20(14(2)29(4)28-13)25-22(30)15(3)31-23-19-8-6-5-7-18(19)21(26-27-23)16-9-11-17(24)12-10-16/h5-12,15H,1-4H3,(H,25,30). The maximum atomic E-state index is 13.3. The number of hydrogen-bond donors (Lipinski definition) is 1. The number of carbonyl (C=O) groups excluding carboxylic acids is 1. The summed E-state index contributed by atoms with van der Waals surface area (Å²) in [6.45, 7) is 5.62. The number of rotatable bonds is 5. The van der Waals surface area contributed by atoms with Crippen LogP contribution >= 0.6 is 11.8 Å². The van der Waals surface area contributed by atoms with E-state index in [0.29, 0.717) is 10.7 Å². The predicted molar refractivity (Wildman–Crippen MR) is 122 cm³/mol. The Morgan fingerprint density at radius 3 is 2.39 bits per heavy atom. The van der Waals surface area contributed by atoms with Gasteiger partial charge >= 0.3 is 0 Å². The van der Waals surface area contributed by atoms with E-state index in [2.05, 4.69) is 20.6 Å². The molecule has 0 spiro atoms. The average Bonchev–Trinajstić information content (AvgIpc) is 3.00. The molecule has 4 rings (SSSR count). The molecule has 0 saturated heterocycles. The van der Waals surface area contributed by atoms with Crippen LogP contribution in [0.2, 0.25) is 0 Å². The van der Waals surface area contributed by atoms with Crippen molar-refractivity contribution in [2.45, 2.75) is 31.0 Å². The SMILES string of the molecule is Cc1nn(C)c(C)c1NC(=O)C(C)Sc1nnc(-c2ccc(F)cc2)c2ccccc12. The third-order valence-corrected chi connectivity index (χ3v) is 6.28. The highest BCUT2D eigenvalue weighted by Crippen LogP contribution is 2.34. The zero-order valence-electron chi connectivity index (χ0n) is 17.7. The van der Waals surface area contributed by atoms with Crippen LogP contribution in [-0.2, 0) is 11.8 Å². The minimum atomic E-state index is -0.395. The van der Waals surface area contributed by atoms with Crippen molar-refractivity contribution in [3.05, 3.63) is 65.7 Å². The first-order valence-electron chi connectivity index (χ1n) is 9.84. The number of aryl methyl sites for hydroxylation is 2. The molecule has 0 saturated carbocycles. The first-order chi connectivity index (χ1) is 14.8. The van der Waals surface area contributed by atoms with E-state index in [-0.39, 0.29) is 11.7 Å². The van der Waals surface area contributed by atoms with E-state index in [1.54, 1.807) is 16.8 Å². The van der Waals surface area contributed by atoms with Crippen LogP contribution in [0, 0.1) is 19.7 Å². The Balaban J connectivity index is 1.62. The number of nitrogens with zero attached hydrogens (tertiary/aromatic N) is 4. The van der Waals surface area contributed by atoms with Crippen molar-refractivity contribution in [1.82, 2.24) is 20.0 Å². The summed E-state index contributed by atoms with van der Waals surface area (Å²) in [6.07, 6.45) is 0. The molecule has 0 bridgehead atoms. The summed E-state index contributed by atoms with van der Waals surface area (Å²) in [5.41, 5.74) is 3.88. The highest BCUT2D eigenvalue weighted by atomic mass is 32.2. The van der Waals surface area contributed by atoms with Crippen LogP contribution < -0.4 is 5.32 Å². The Hall–Kier alpha value is -3.26. The first-order valence-corrected chi connectivity index (χ1v) is 10.7. The second-order valence-electron chi connectivity index (χ2n) is 7.32. The van der Waals surface area contributed by atoms with Gasteiger partial charge in [-0.1, -0.05) is 36.0 Å². The maximum Gasteiger partial charge on any atom is 0.237 e. The van der Waals surface area contributed by atoms with Gasteiger partial charge in [0.25, 0.3) is 0 Å². The van der Waals surface area contributed by atoms with Crippen LogP contribution in [0.15, 0.2) is 53.6 Å². The predicted octanol–water partition coefficient (Wildman–Crippen LogP) is 4.91. The van der Waals surface area contributed by atoms with Crippen molar-refractivity contribution in [2.24, 2.45) is 7.05 Å². The highest BCUT2D eigenvalue weighted by Gasteiger charge is 2.21. The number of aromatic nitrogens is 4. The van der Waals surface area contributed by atoms with Gasteiger partial charge in [-0.3, -0.25) is 9.48 Å². The van der Waals surface area contributed by atoms with Crippen LogP contribution in [0.1, 0.15) is 18.3 Å². The van der Waals surface area contributed by atoms with Gasteiger partial charge in [-0.2, -0.15) is 5.10 Å². The number of thioether (sulfide) groups is 1. The molecule has 2 heterocycles. The van der Waals surface area contributed by atoms with E-state index in [9.17, 15) is 9.18 Å². The summed E-state index contributed by atoms with van der Waals surface area (Å²) in [5.74, 6) is -0.426. The monoisotopic (exact) mass is 435 g/mol. The third-order valence-electron chi connectivity index (χ3n) is 5.19. The summed E-state index contributed by atoms with van der Waals surface area (Å²) in [6, 6.07) is 14.0. The highest BCUT2D eigenvalue weighted by molar-refractivity contribution is 8.00. The molecule has 158 valence electrons. The van der Waals surface area contributed by atoms with Gasteiger partial charge in [-0.15, -0.1) is 10.2 Å². The number of carbonyl (C=O) groups is 1. The van der Waals surface area contributed by atoms with Crippen molar-refractivity contribution in [1.29, 1.82) is 0 Å². The normalized spacial score (nSPS) is 12.2. The molecule has 1 unspecified atom stereocenters. The lowest BCUT2D eigenvalue weighted by Crippen LogP contribution is -2.23. The molecular formula is C23H22FN5OS. The van der Waals surface area contributed by atoms with Gasteiger partial charge in [0.1, 0.15) is 16.5 Å². The zero-order chi connectivity index (χ0) is 22.1. The lowest BCUT2D eigenvalue weighted by molar-refractivity contribution is -0.115. The number of halogens is 1. The summed E-state index contributed by atoms with van der Waals surface area (Å²) < 4.78 is 15.1. The van der Waals surface area contributed by atoms with E-state index in [1.807, 2.05) is 52.1 Å². The van der Waals surface area contributed by atoms with E-state index >= 15 is 0 Å². The average molecular weight is 436 g/mol. The molecule has 0 aliphatic heterocycles. The molecule has 2 aromatic carbocycles. The molecule has 6 nitrogen and oxygen atoms in total. The second-order valence-corrected chi connectivity index (χ2v) is 8.65. The number of amides is 1. The molecule has 0 radical (unpaired) electrons. The smallest absolute Gasteiger partial charge is 0.237 e. The van der Waals surface area contributed by atoms with Crippen LogP contribution in [0.25, 0.3) is 22.0 Å². The Kier molecular flexibility index (Phi) is 5.73. The van der Waals surface area contributed by atoms with Crippen LogP contribution in [-0.4, -0.2) is 31.1 Å². The quantitative estimate of drug-likeness (QED) is 0.451. The fourth-order valence-corrected chi connectivity index (χ4v) is 4.28. The molecular weight excluding hydrogens is 413 g/mol. The van der Waals surface area contributed by atoms with E-state index < -0.39 is 5.25 Å². The Labute approximate surface area is 183 Å². The number of nitrogens with one attached hydrogen (secondary N) is 1. The Morgan fingerprint density at radius 1 is 1.06 bits per heavy atom. The van der Waals surface area contributed by atoms with Crippen LogP contribution in [0.4, 0.5) is 10.1 Å². The minimum absolute atomic E-state index is 0.127. The molecule has 31 heavy (non-hydrogen) atoms. The van der Waals surface area contributed by atoms with E-state index in [1.165, 1.54) is 23.9 Å². The van der Waals surface area contributed by atoms with Crippen molar-refractivity contribution in [3.63, 3.8) is 0 Å². The number of anilines is 1. The molecule has 0 fully saturated rings. The van der Waals surface area contributed by atoms with Gasteiger partial charge in [0.2, 0.25) is 5.91 Å². The number of benzene rings is 2. The number of fused-ring (bicyclic) bond motifs is 1. The fraction of sp³-hybridized carbons (Fsp3) is 0.217. The van der Waals surface area contributed by atoms with Crippen molar-refractivity contribution >= 4 is 34.1 Å². The number of hydrogen-bond acceptors (Lipinski definition) is 5. The minimum Gasteiger partial charge on any atom is -0.322 e. The van der Waals surface area contributed by atoms with E-state index in [0.717, 1.165) is 33.4 Å². The lowest BCUT2D eigenvalue weighted by Gasteiger charge is -2.14. The first kappa shape index (κ1) is 21.0. The van der Waals surface area contributed by atoms with Gasteiger partial charge in [-0.25, -0.2) is 4.39 Å². The molecule has 1 amide bonds. The summed E-state index contributed by atoms with van der Waals surface area (Å²) in [7, 11) is 1.85. The van der Waals surface area contributed by atoms with Gasteiger partial charge < -0.3 is 5.32 Å². The van der Waals surface area contributed by atoms with Crippen molar-refractivity contribution < 1.29 is 9.18 Å². The van der Waals surface area contributed by atoms with Crippen LogP contribution in [0.3, 0.4) is 0 Å². The van der Waals surface area contributed by atoms with Crippen molar-refractivity contribution in [3.8, 4) is 11.3 Å². The summed E-state index contributed by atoms with van der Waals surface area (Å²) in [4.78, 5) is 12.8. The summed E-state index contributed by atoms with van der Waals surface area (Å²) >= 11 is 1.35. The molecule has 4 aromatic rings. The van der Waals surface area contributed by atoms with E-state index in [4.69, 9.17) is 0 Å². The van der Waals surface area contributed by atoms with Gasteiger partial charge in [0.15, 0.2) is 0 Å². The molecule has 8 heteroatoms. The second kappa shape index (κ2) is 8.47. The topological polar surface area (TPSA) is 72.7 Å². The molecule has 0 aliphatic rings. The van der Waals surface area contributed by atoms with Gasteiger partial charge in [0.05, 0.1) is 22.3 Å². The largest absolute Gasteiger partial charge is 0.322 e. The maximum absolute atomic E-state index is 13.3.